The summed E-state index contributed by atoms with van der Waals surface area (Å²) in [6.07, 6.45) is 6.09. The Balaban J connectivity index is 1.93. The summed E-state index contributed by atoms with van der Waals surface area (Å²) in [6.45, 7) is 1.17. The number of hydrogen-bond donors (Lipinski definition) is 3. The van der Waals surface area contributed by atoms with Gasteiger partial charge in [0.15, 0.2) is 0 Å². The van der Waals surface area contributed by atoms with Crippen LogP contribution in [-0.2, 0) is 15.8 Å². The molecule has 186 valence electrons. The SMILES string of the molecule is CN(C)C/C=C/C(=O)Nc1cc2c(Nc3ccc(F)c(Cl)c3)ncnc2cc1OCCNS(C)=O. The van der Waals surface area contributed by atoms with E-state index in [4.69, 9.17) is 16.3 Å². The van der Waals surface area contributed by atoms with Crippen LogP contribution in [0.25, 0.3) is 10.9 Å². The van der Waals surface area contributed by atoms with Gasteiger partial charge in [0, 0.05) is 42.6 Å². The molecule has 1 amide bonds. The number of amides is 1. The van der Waals surface area contributed by atoms with Gasteiger partial charge in [0.1, 0.15) is 30.3 Å². The number of ether oxygens (including phenoxy) is 1. The highest BCUT2D eigenvalue weighted by Gasteiger charge is 2.14. The number of hydrogen-bond acceptors (Lipinski definition) is 7. The molecule has 12 heteroatoms. The van der Waals surface area contributed by atoms with Crippen molar-refractivity contribution in [2.75, 3.05) is 50.7 Å². The molecule has 3 aromatic rings. The first kappa shape index (κ1) is 26.5. The van der Waals surface area contributed by atoms with Crippen molar-refractivity contribution in [3.63, 3.8) is 0 Å². The number of fused-ring (bicyclic) bond motifs is 1. The van der Waals surface area contributed by atoms with Crippen LogP contribution in [-0.4, -0.2) is 65.0 Å². The summed E-state index contributed by atoms with van der Waals surface area (Å²) in [6, 6.07) is 7.62. The Hall–Kier alpha value is -3.12. The van der Waals surface area contributed by atoms with Gasteiger partial charge in [-0.25, -0.2) is 23.3 Å². The van der Waals surface area contributed by atoms with E-state index in [0.717, 1.165) is 0 Å². The van der Waals surface area contributed by atoms with E-state index in [1.54, 1.807) is 18.2 Å². The number of benzene rings is 2. The lowest BCUT2D eigenvalue weighted by Gasteiger charge is -2.15. The van der Waals surface area contributed by atoms with Crippen molar-refractivity contribution in [1.29, 1.82) is 0 Å². The standard InChI is InChI=1S/C23H26ClFN6O3S/c1-31(2)9-4-5-22(32)30-20-12-16-19(13-21(20)34-10-8-28-35(3)33)26-14-27-23(16)29-15-6-7-18(25)17(24)11-15/h4-7,11-14,28H,8-10H2,1-3H3,(H,30,32)(H,26,27,29)/b5-4+. The van der Waals surface area contributed by atoms with Crippen LogP contribution in [0.2, 0.25) is 5.02 Å². The smallest absolute Gasteiger partial charge is 0.248 e. The number of rotatable bonds is 11. The van der Waals surface area contributed by atoms with Gasteiger partial charge in [0.05, 0.1) is 27.2 Å². The van der Waals surface area contributed by atoms with E-state index in [1.165, 1.54) is 36.9 Å². The maximum atomic E-state index is 13.5. The second-order valence-electron chi connectivity index (χ2n) is 7.69. The van der Waals surface area contributed by atoms with Crippen molar-refractivity contribution >= 4 is 56.6 Å². The van der Waals surface area contributed by atoms with Gasteiger partial charge in [0.25, 0.3) is 0 Å². The molecule has 0 bridgehead atoms. The third-order valence-corrected chi connectivity index (χ3v) is 5.48. The first-order valence-corrected chi connectivity index (χ1v) is 12.5. The molecule has 0 saturated carbocycles. The van der Waals surface area contributed by atoms with Crippen molar-refractivity contribution < 1.29 is 18.1 Å². The topological polar surface area (TPSA) is 108 Å². The van der Waals surface area contributed by atoms with Gasteiger partial charge < -0.3 is 20.3 Å². The van der Waals surface area contributed by atoms with Crippen molar-refractivity contribution in [3.8, 4) is 5.75 Å². The molecule has 3 N–H and O–H groups in total. The summed E-state index contributed by atoms with van der Waals surface area (Å²) in [5, 5.41) is 6.51. The van der Waals surface area contributed by atoms with Crippen LogP contribution in [0.5, 0.6) is 5.75 Å². The molecule has 35 heavy (non-hydrogen) atoms. The predicted octanol–water partition coefficient (Wildman–Crippen LogP) is 3.48. The Labute approximate surface area is 210 Å². The number of carbonyl (C=O) groups is 1. The summed E-state index contributed by atoms with van der Waals surface area (Å²) in [5.74, 6) is -0.0308. The van der Waals surface area contributed by atoms with Crippen molar-refractivity contribution in [2.45, 2.75) is 0 Å². The second kappa shape index (κ2) is 12.5. The average Bonchev–Trinajstić information content (AvgIpc) is 2.79. The molecular formula is C23H26ClFN6O3S. The van der Waals surface area contributed by atoms with Crippen molar-refractivity contribution in [1.82, 2.24) is 19.6 Å². The largest absolute Gasteiger partial charge is 0.490 e. The van der Waals surface area contributed by atoms with Gasteiger partial charge in [0.2, 0.25) is 5.91 Å². The normalized spacial score (nSPS) is 12.3. The molecule has 1 heterocycles. The Kier molecular flexibility index (Phi) is 9.49. The van der Waals surface area contributed by atoms with E-state index in [0.29, 0.717) is 46.9 Å². The fraction of sp³-hybridized carbons (Fsp3) is 0.261. The lowest BCUT2D eigenvalue weighted by atomic mass is 10.1. The van der Waals surface area contributed by atoms with E-state index in [1.807, 2.05) is 19.0 Å². The van der Waals surface area contributed by atoms with Crippen molar-refractivity contribution in [3.05, 3.63) is 59.7 Å². The summed E-state index contributed by atoms with van der Waals surface area (Å²) in [5.41, 5.74) is 1.50. The molecule has 0 fully saturated rings. The summed E-state index contributed by atoms with van der Waals surface area (Å²) >= 11 is 5.90. The van der Waals surface area contributed by atoms with Gasteiger partial charge in [-0.15, -0.1) is 0 Å². The molecule has 0 aliphatic carbocycles. The molecule has 0 radical (unpaired) electrons. The van der Waals surface area contributed by atoms with E-state index in [2.05, 4.69) is 25.3 Å². The Bertz CT molecular complexity index is 1260. The molecule has 1 atom stereocenters. The number of nitrogens with zero attached hydrogens (tertiary/aromatic N) is 3. The second-order valence-corrected chi connectivity index (χ2v) is 9.30. The van der Waals surface area contributed by atoms with Crippen LogP contribution in [0, 0.1) is 5.82 Å². The average molecular weight is 521 g/mol. The maximum absolute atomic E-state index is 13.5. The maximum Gasteiger partial charge on any atom is 0.248 e. The van der Waals surface area contributed by atoms with Crippen LogP contribution in [0.3, 0.4) is 0 Å². The highest BCUT2D eigenvalue weighted by Crippen LogP contribution is 2.33. The van der Waals surface area contributed by atoms with Crippen molar-refractivity contribution in [2.24, 2.45) is 0 Å². The molecule has 0 spiro atoms. The quantitative estimate of drug-likeness (QED) is 0.262. The number of halogens is 2. The van der Waals surface area contributed by atoms with Gasteiger partial charge >= 0.3 is 0 Å². The Morgan fingerprint density at radius 1 is 1.26 bits per heavy atom. The number of aromatic nitrogens is 2. The van der Waals surface area contributed by atoms with E-state index >= 15 is 0 Å². The summed E-state index contributed by atoms with van der Waals surface area (Å²) in [4.78, 5) is 23.1. The van der Waals surface area contributed by atoms with Gasteiger partial charge in [-0.1, -0.05) is 17.7 Å². The number of carbonyl (C=O) groups excluding carboxylic acids is 1. The summed E-state index contributed by atoms with van der Waals surface area (Å²) < 4.78 is 33.4. The minimum atomic E-state index is -1.17. The molecule has 3 rings (SSSR count). The van der Waals surface area contributed by atoms with Gasteiger partial charge in [-0.3, -0.25) is 4.79 Å². The van der Waals surface area contributed by atoms with E-state index < -0.39 is 16.8 Å². The lowest BCUT2D eigenvalue weighted by Crippen LogP contribution is -2.22. The first-order valence-electron chi connectivity index (χ1n) is 10.6. The Morgan fingerprint density at radius 3 is 2.77 bits per heavy atom. The van der Waals surface area contributed by atoms with E-state index in [-0.39, 0.29) is 17.5 Å². The molecule has 0 aliphatic heterocycles. The van der Waals surface area contributed by atoms with Crippen LogP contribution in [0.15, 0.2) is 48.8 Å². The predicted molar refractivity (Wildman–Crippen MR) is 138 cm³/mol. The third-order valence-electron chi connectivity index (χ3n) is 4.58. The molecule has 2 aromatic carbocycles. The highest BCUT2D eigenvalue weighted by molar-refractivity contribution is 7.82. The highest BCUT2D eigenvalue weighted by atomic mass is 35.5. The van der Waals surface area contributed by atoms with E-state index in [9.17, 15) is 13.4 Å². The zero-order valence-electron chi connectivity index (χ0n) is 19.5. The van der Waals surface area contributed by atoms with Crippen LogP contribution >= 0.6 is 11.6 Å². The zero-order chi connectivity index (χ0) is 25.4. The lowest BCUT2D eigenvalue weighted by molar-refractivity contribution is -0.111. The first-order chi connectivity index (χ1) is 16.7. The minimum absolute atomic E-state index is 0.0249. The Morgan fingerprint density at radius 2 is 2.06 bits per heavy atom. The third kappa shape index (κ3) is 7.96. The fourth-order valence-electron chi connectivity index (χ4n) is 3.00. The number of anilines is 3. The van der Waals surface area contributed by atoms with Gasteiger partial charge in [-0.05, 0) is 38.4 Å². The molecule has 9 nitrogen and oxygen atoms in total. The van der Waals surface area contributed by atoms with Crippen LogP contribution in [0.1, 0.15) is 0 Å². The number of likely N-dealkylation sites (N-methyl/N-ethyl adjacent to an activating group) is 1. The van der Waals surface area contributed by atoms with Crippen LogP contribution < -0.4 is 20.1 Å². The molecule has 0 saturated heterocycles. The van der Waals surface area contributed by atoms with Gasteiger partial charge in [-0.2, -0.15) is 0 Å². The fourth-order valence-corrected chi connectivity index (χ4v) is 3.55. The summed E-state index contributed by atoms with van der Waals surface area (Å²) in [7, 11) is 2.63. The van der Waals surface area contributed by atoms with Crippen LogP contribution in [0.4, 0.5) is 21.6 Å². The molecule has 0 aliphatic rings. The zero-order valence-corrected chi connectivity index (χ0v) is 21.0. The minimum Gasteiger partial charge on any atom is -0.490 e. The number of nitrogens with one attached hydrogen (secondary N) is 3. The monoisotopic (exact) mass is 520 g/mol. The molecule has 1 aromatic heterocycles. The molecular weight excluding hydrogens is 495 g/mol. The molecule has 1 unspecified atom stereocenters.